The molecular formula is C14F8. The van der Waals surface area contributed by atoms with Crippen LogP contribution in [0, 0.1) is 58.7 Å². The number of hydrogen-bond acceptors (Lipinski definition) is 0. The van der Waals surface area contributed by atoms with E-state index in [9.17, 15) is 35.1 Å². The molecule has 0 saturated heterocycles. The minimum absolute atomic E-state index is 1.19. The molecule has 0 bridgehead atoms. The Hall–Kier alpha value is -2.38. The van der Waals surface area contributed by atoms with E-state index in [-0.39, 0.29) is 0 Å². The fraction of sp³-hybridized carbons (Fsp3) is 0. The van der Waals surface area contributed by atoms with Gasteiger partial charge in [0.2, 0.25) is 0 Å². The first-order chi connectivity index (χ1) is 10.3. The third-order valence-corrected chi connectivity index (χ3v) is 3.08. The second-order valence-electron chi connectivity index (χ2n) is 4.26. The van der Waals surface area contributed by atoms with E-state index >= 15 is 0 Å². The maximum absolute atomic E-state index is 13.8. The number of fused-ring (bicyclic) bond motifs is 3. The van der Waals surface area contributed by atoms with Crippen molar-refractivity contribution in [3.63, 3.8) is 0 Å². The summed E-state index contributed by atoms with van der Waals surface area (Å²) in [6, 6.07) is 2.37. The van der Waals surface area contributed by atoms with Crippen molar-refractivity contribution >= 4 is 21.5 Å². The minimum Gasteiger partial charge on any atom is -0.205 e. The molecule has 3 rings (SSSR count). The Morgan fingerprint density at radius 2 is 0.682 bits per heavy atom. The molecule has 0 spiro atoms. The van der Waals surface area contributed by atoms with Crippen molar-refractivity contribution in [3.8, 4) is 0 Å². The fourth-order valence-electron chi connectivity index (χ4n) is 2.19. The van der Waals surface area contributed by atoms with Crippen LogP contribution in [-0.4, -0.2) is 0 Å². The standard InChI is InChI=1S/C14F8/c15-3-1-5(17)11(19)9-7(3)8-4(16)2-6(18)12(20)10(8)14(22)13(9)21. The molecule has 0 heterocycles. The average Bonchev–Trinajstić information content (AvgIpc) is 2.44. The molecule has 0 aromatic heterocycles. The van der Waals surface area contributed by atoms with Crippen molar-refractivity contribution in [1.82, 2.24) is 0 Å². The molecule has 8 heteroatoms. The van der Waals surface area contributed by atoms with Crippen molar-refractivity contribution < 1.29 is 35.1 Å². The van der Waals surface area contributed by atoms with Gasteiger partial charge in [0.1, 0.15) is 11.6 Å². The number of rotatable bonds is 0. The molecule has 3 aromatic carbocycles. The van der Waals surface area contributed by atoms with Gasteiger partial charge in [-0.05, 0) is 0 Å². The first kappa shape index (κ1) is 14.6. The van der Waals surface area contributed by atoms with E-state index in [0.717, 1.165) is 0 Å². The zero-order valence-electron chi connectivity index (χ0n) is 10.0. The number of hydrogen-bond donors (Lipinski definition) is 0. The van der Waals surface area contributed by atoms with Crippen LogP contribution in [0.2, 0.25) is 0 Å². The van der Waals surface area contributed by atoms with Crippen LogP contribution in [0.1, 0.15) is 0 Å². The molecule has 0 atom stereocenters. The summed E-state index contributed by atoms with van der Waals surface area (Å²) in [7, 11) is 0. The van der Waals surface area contributed by atoms with Gasteiger partial charge in [-0.1, -0.05) is 0 Å². The highest BCUT2D eigenvalue weighted by molar-refractivity contribution is 6.09. The lowest BCUT2D eigenvalue weighted by Gasteiger charge is -2.11. The smallest absolute Gasteiger partial charge is 0.170 e. The molecule has 0 aliphatic heterocycles. The summed E-state index contributed by atoms with van der Waals surface area (Å²) < 4.78 is 108. The van der Waals surface area contributed by atoms with Crippen molar-refractivity contribution in [3.05, 3.63) is 58.7 Å². The first-order valence-corrected chi connectivity index (χ1v) is 5.51. The molecule has 0 saturated carbocycles. The zero-order chi connectivity index (χ0) is 16.3. The molecule has 0 amide bonds. The molecule has 0 aliphatic rings. The first-order valence-electron chi connectivity index (χ1n) is 5.51. The highest BCUT2D eigenvalue weighted by Crippen LogP contribution is 2.37. The second-order valence-corrected chi connectivity index (χ2v) is 4.26. The van der Waals surface area contributed by atoms with Gasteiger partial charge in [0, 0.05) is 10.8 Å². The predicted molar refractivity (Wildman–Crippen MR) is 58.8 cm³/mol. The molecule has 2 radical (unpaired) electrons. The van der Waals surface area contributed by atoms with Gasteiger partial charge in [-0.25, -0.2) is 35.1 Å². The van der Waals surface area contributed by atoms with Crippen LogP contribution in [0.3, 0.4) is 0 Å². The molecule has 0 fully saturated rings. The minimum atomic E-state index is -2.18. The second kappa shape index (κ2) is 4.56. The van der Waals surface area contributed by atoms with Gasteiger partial charge >= 0.3 is 0 Å². The SMILES string of the molecule is Fc1[c]c(F)c2c(c1F)c(F)c(F)c1c(F)c(F)[c]c(F)c12. The molecule has 3 aromatic rings. The predicted octanol–water partition coefficient (Wildman–Crippen LogP) is 4.71. The van der Waals surface area contributed by atoms with Crippen LogP contribution >= 0.6 is 0 Å². The van der Waals surface area contributed by atoms with Crippen LogP contribution in [0.25, 0.3) is 21.5 Å². The highest BCUT2D eigenvalue weighted by Gasteiger charge is 2.28. The summed E-state index contributed by atoms with van der Waals surface area (Å²) in [6.45, 7) is 0. The molecular weight excluding hydrogens is 320 g/mol. The van der Waals surface area contributed by atoms with Crippen molar-refractivity contribution in [1.29, 1.82) is 0 Å². The van der Waals surface area contributed by atoms with Gasteiger partial charge < -0.3 is 0 Å². The molecule has 112 valence electrons. The average molecular weight is 320 g/mol. The Labute approximate surface area is 116 Å². The lowest BCUT2D eigenvalue weighted by molar-refractivity contribution is 0.478. The summed E-state index contributed by atoms with van der Waals surface area (Å²) in [5.41, 5.74) is 0. The van der Waals surface area contributed by atoms with Crippen LogP contribution in [-0.2, 0) is 0 Å². The van der Waals surface area contributed by atoms with Crippen LogP contribution < -0.4 is 0 Å². The molecule has 0 unspecified atom stereocenters. The Morgan fingerprint density at radius 1 is 0.364 bits per heavy atom. The summed E-state index contributed by atoms with van der Waals surface area (Å²) in [5, 5.41) is -5.75. The van der Waals surface area contributed by atoms with E-state index in [0.29, 0.717) is 0 Å². The van der Waals surface area contributed by atoms with Crippen LogP contribution in [0.4, 0.5) is 35.1 Å². The summed E-state index contributed by atoms with van der Waals surface area (Å²) in [6.07, 6.45) is 0. The lowest BCUT2D eigenvalue weighted by atomic mass is 9.98. The normalized spacial score (nSPS) is 11.6. The summed E-state index contributed by atoms with van der Waals surface area (Å²) >= 11 is 0. The Balaban J connectivity index is 2.81. The molecule has 22 heavy (non-hydrogen) atoms. The third-order valence-electron chi connectivity index (χ3n) is 3.08. The van der Waals surface area contributed by atoms with Crippen molar-refractivity contribution in [2.75, 3.05) is 0 Å². The summed E-state index contributed by atoms with van der Waals surface area (Å²) in [4.78, 5) is 0. The molecule has 0 aliphatic carbocycles. The van der Waals surface area contributed by atoms with Gasteiger partial charge in [0.15, 0.2) is 34.9 Å². The number of benzene rings is 3. The van der Waals surface area contributed by atoms with E-state index in [4.69, 9.17) is 0 Å². The monoisotopic (exact) mass is 320 g/mol. The highest BCUT2D eigenvalue weighted by atomic mass is 19.2. The number of halogens is 8. The van der Waals surface area contributed by atoms with Gasteiger partial charge in [0.25, 0.3) is 0 Å². The largest absolute Gasteiger partial charge is 0.205 e. The maximum atomic E-state index is 13.8. The molecule has 0 N–H and O–H groups in total. The Morgan fingerprint density at radius 3 is 1.00 bits per heavy atom. The fourth-order valence-corrected chi connectivity index (χ4v) is 2.19. The molecule has 0 nitrogen and oxygen atoms in total. The lowest BCUT2D eigenvalue weighted by Crippen LogP contribution is -2.03. The van der Waals surface area contributed by atoms with E-state index in [1.54, 1.807) is 0 Å². The maximum Gasteiger partial charge on any atom is 0.170 e. The quantitative estimate of drug-likeness (QED) is 0.320. The van der Waals surface area contributed by atoms with Crippen molar-refractivity contribution in [2.45, 2.75) is 0 Å². The van der Waals surface area contributed by atoms with Gasteiger partial charge in [-0.3, -0.25) is 0 Å². The van der Waals surface area contributed by atoms with Crippen LogP contribution in [0.15, 0.2) is 0 Å². The van der Waals surface area contributed by atoms with Gasteiger partial charge in [-0.15, -0.1) is 0 Å². The van der Waals surface area contributed by atoms with Crippen LogP contribution in [0.5, 0.6) is 0 Å². The Kier molecular flexibility index (Phi) is 3.01. The summed E-state index contributed by atoms with van der Waals surface area (Å²) in [5.74, 6) is -16.0. The Bertz CT molecular complexity index is 882. The van der Waals surface area contributed by atoms with E-state index in [1.165, 1.54) is 12.1 Å². The van der Waals surface area contributed by atoms with E-state index in [2.05, 4.69) is 0 Å². The van der Waals surface area contributed by atoms with Gasteiger partial charge in [-0.2, -0.15) is 0 Å². The van der Waals surface area contributed by atoms with E-state index < -0.39 is 68.1 Å². The topological polar surface area (TPSA) is 0 Å². The van der Waals surface area contributed by atoms with E-state index in [1.807, 2.05) is 0 Å². The van der Waals surface area contributed by atoms with Crippen molar-refractivity contribution in [2.24, 2.45) is 0 Å². The van der Waals surface area contributed by atoms with Gasteiger partial charge in [0.05, 0.1) is 22.9 Å². The zero-order valence-corrected chi connectivity index (χ0v) is 10.0. The third kappa shape index (κ3) is 1.69.